The van der Waals surface area contributed by atoms with Crippen LogP contribution in [-0.2, 0) is 0 Å². The van der Waals surface area contributed by atoms with Gasteiger partial charge in [0.15, 0.2) is 0 Å². The lowest BCUT2D eigenvalue weighted by Gasteiger charge is -2.16. The van der Waals surface area contributed by atoms with Crippen molar-refractivity contribution < 1.29 is 0 Å². The number of fused-ring (bicyclic) bond motifs is 3. The molecule has 1 aliphatic carbocycles. The summed E-state index contributed by atoms with van der Waals surface area (Å²) in [6.45, 7) is 0. The summed E-state index contributed by atoms with van der Waals surface area (Å²) in [5.41, 5.74) is 8.04. The molecule has 0 heteroatoms. The summed E-state index contributed by atoms with van der Waals surface area (Å²) in [5, 5.41) is 10.8. The fraction of sp³-hybridized carbons (Fsp3) is 0. The minimum absolute atomic E-state index is 1.31. The standard InChI is InChI=1S/C32H18/c1-2-8-23-22(7-1)26-9-4-10-27-25(17-18-29(23)32(26)27)24-15-13-21-12-11-19-5-3-6-20-14-16-28(24)31(21)30(19)20/h1-18H. The smallest absolute Gasteiger partial charge is 0.00201 e. The zero-order chi connectivity index (χ0) is 20.8. The molecule has 0 unspecified atom stereocenters. The molecule has 0 atom stereocenters. The zero-order valence-corrected chi connectivity index (χ0v) is 17.4. The predicted octanol–water partition coefficient (Wildman–Crippen LogP) is 9.05. The van der Waals surface area contributed by atoms with Gasteiger partial charge in [0, 0.05) is 0 Å². The van der Waals surface area contributed by atoms with Crippen molar-refractivity contribution in [1.82, 2.24) is 0 Å². The molecule has 0 amide bonds. The first-order valence-corrected chi connectivity index (χ1v) is 11.2. The molecule has 146 valence electrons. The van der Waals surface area contributed by atoms with Gasteiger partial charge in [-0.1, -0.05) is 109 Å². The largest absolute Gasteiger partial charge is 0.0616 e. The molecule has 8 rings (SSSR count). The Morgan fingerprint density at radius 1 is 0.250 bits per heavy atom. The van der Waals surface area contributed by atoms with E-state index in [0.717, 1.165) is 0 Å². The highest BCUT2D eigenvalue weighted by Gasteiger charge is 2.22. The molecule has 0 radical (unpaired) electrons. The van der Waals surface area contributed by atoms with Crippen molar-refractivity contribution >= 4 is 43.1 Å². The summed E-state index contributed by atoms with van der Waals surface area (Å²) < 4.78 is 0. The van der Waals surface area contributed by atoms with Crippen LogP contribution in [0.25, 0.3) is 76.5 Å². The van der Waals surface area contributed by atoms with Crippen molar-refractivity contribution in [2.45, 2.75) is 0 Å². The summed E-state index contributed by atoms with van der Waals surface area (Å²) >= 11 is 0. The number of rotatable bonds is 1. The lowest BCUT2D eigenvalue weighted by molar-refractivity contribution is 1.69. The second-order valence-corrected chi connectivity index (χ2v) is 8.90. The maximum Gasteiger partial charge on any atom is -0.00201 e. The summed E-state index contributed by atoms with van der Waals surface area (Å²) in [7, 11) is 0. The van der Waals surface area contributed by atoms with E-state index in [-0.39, 0.29) is 0 Å². The molecule has 0 aromatic heterocycles. The van der Waals surface area contributed by atoms with Gasteiger partial charge in [-0.2, -0.15) is 0 Å². The maximum atomic E-state index is 2.33. The lowest BCUT2D eigenvalue weighted by Crippen LogP contribution is -1.88. The van der Waals surface area contributed by atoms with Gasteiger partial charge in [-0.3, -0.25) is 0 Å². The van der Waals surface area contributed by atoms with Gasteiger partial charge in [0.25, 0.3) is 0 Å². The zero-order valence-electron chi connectivity index (χ0n) is 17.4. The van der Waals surface area contributed by atoms with E-state index in [1.807, 2.05) is 0 Å². The molecule has 0 fully saturated rings. The first-order chi connectivity index (χ1) is 15.9. The van der Waals surface area contributed by atoms with Gasteiger partial charge in [-0.05, 0) is 76.5 Å². The molecule has 0 heterocycles. The SMILES string of the molecule is c1ccc2c(c1)-c1cccc3c(-c4ccc5ccc6cccc7ccc4c5c67)ccc-2c13. The summed E-state index contributed by atoms with van der Waals surface area (Å²) in [6, 6.07) is 40.5. The Labute approximate surface area is 185 Å². The van der Waals surface area contributed by atoms with Gasteiger partial charge in [0.05, 0.1) is 0 Å². The van der Waals surface area contributed by atoms with Gasteiger partial charge >= 0.3 is 0 Å². The van der Waals surface area contributed by atoms with Crippen LogP contribution in [-0.4, -0.2) is 0 Å². The van der Waals surface area contributed by atoms with Crippen LogP contribution in [0.2, 0.25) is 0 Å². The number of hydrogen-bond acceptors (Lipinski definition) is 0. The fourth-order valence-electron chi connectivity index (χ4n) is 6.01. The van der Waals surface area contributed by atoms with Gasteiger partial charge < -0.3 is 0 Å². The third kappa shape index (κ3) is 1.93. The van der Waals surface area contributed by atoms with E-state index < -0.39 is 0 Å². The third-order valence-corrected chi connectivity index (χ3v) is 7.37. The van der Waals surface area contributed by atoms with Crippen LogP contribution in [0.4, 0.5) is 0 Å². The second-order valence-electron chi connectivity index (χ2n) is 8.90. The monoisotopic (exact) mass is 402 g/mol. The highest BCUT2D eigenvalue weighted by Crippen LogP contribution is 2.50. The van der Waals surface area contributed by atoms with E-state index in [0.29, 0.717) is 0 Å². The molecule has 0 spiro atoms. The van der Waals surface area contributed by atoms with Crippen molar-refractivity contribution in [1.29, 1.82) is 0 Å². The Morgan fingerprint density at radius 2 is 0.750 bits per heavy atom. The van der Waals surface area contributed by atoms with Crippen molar-refractivity contribution in [2.75, 3.05) is 0 Å². The molecular weight excluding hydrogens is 384 g/mol. The first-order valence-electron chi connectivity index (χ1n) is 11.2. The molecule has 1 aliphatic rings. The lowest BCUT2D eigenvalue weighted by atomic mass is 9.87. The Hall–Kier alpha value is -4.16. The Morgan fingerprint density at radius 3 is 1.53 bits per heavy atom. The molecule has 7 aromatic carbocycles. The number of benzene rings is 7. The van der Waals surface area contributed by atoms with Crippen molar-refractivity contribution in [3.63, 3.8) is 0 Å². The van der Waals surface area contributed by atoms with Crippen LogP contribution in [0.3, 0.4) is 0 Å². The van der Waals surface area contributed by atoms with Crippen LogP contribution in [0, 0.1) is 0 Å². The minimum Gasteiger partial charge on any atom is -0.0616 e. The molecule has 7 aromatic rings. The molecular formula is C32H18. The molecule has 0 nitrogen and oxygen atoms in total. The van der Waals surface area contributed by atoms with Crippen LogP contribution < -0.4 is 0 Å². The van der Waals surface area contributed by atoms with E-state index >= 15 is 0 Å². The molecule has 0 saturated carbocycles. The third-order valence-electron chi connectivity index (χ3n) is 7.37. The number of hydrogen-bond donors (Lipinski definition) is 0. The molecule has 0 N–H and O–H groups in total. The quantitative estimate of drug-likeness (QED) is 0.240. The average molecular weight is 402 g/mol. The van der Waals surface area contributed by atoms with Crippen LogP contribution in [0.5, 0.6) is 0 Å². The van der Waals surface area contributed by atoms with Gasteiger partial charge in [0.1, 0.15) is 0 Å². The second kappa shape index (κ2) is 5.75. The normalized spacial score (nSPS) is 12.4. The van der Waals surface area contributed by atoms with Gasteiger partial charge in [0.2, 0.25) is 0 Å². The van der Waals surface area contributed by atoms with Crippen molar-refractivity contribution in [3.8, 4) is 33.4 Å². The van der Waals surface area contributed by atoms with E-state index in [1.54, 1.807) is 0 Å². The highest BCUT2D eigenvalue weighted by atomic mass is 14.3. The topological polar surface area (TPSA) is 0 Å². The first kappa shape index (κ1) is 16.5. The van der Waals surface area contributed by atoms with E-state index in [2.05, 4.69) is 109 Å². The molecule has 0 saturated heterocycles. The average Bonchev–Trinajstić information content (AvgIpc) is 3.18. The van der Waals surface area contributed by atoms with E-state index in [9.17, 15) is 0 Å². The van der Waals surface area contributed by atoms with Gasteiger partial charge in [-0.15, -0.1) is 0 Å². The molecule has 0 aliphatic heterocycles. The maximum absolute atomic E-state index is 2.33. The molecule has 32 heavy (non-hydrogen) atoms. The predicted molar refractivity (Wildman–Crippen MR) is 138 cm³/mol. The van der Waals surface area contributed by atoms with Crippen molar-refractivity contribution in [2.24, 2.45) is 0 Å². The van der Waals surface area contributed by atoms with Crippen molar-refractivity contribution in [3.05, 3.63) is 109 Å². The van der Waals surface area contributed by atoms with Crippen LogP contribution >= 0.6 is 0 Å². The highest BCUT2D eigenvalue weighted by molar-refractivity contribution is 6.27. The van der Waals surface area contributed by atoms with E-state index in [1.165, 1.54) is 76.5 Å². The summed E-state index contributed by atoms with van der Waals surface area (Å²) in [6.07, 6.45) is 0. The summed E-state index contributed by atoms with van der Waals surface area (Å²) in [4.78, 5) is 0. The Bertz CT molecular complexity index is 1820. The minimum atomic E-state index is 1.31. The fourth-order valence-corrected chi connectivity index (χ4v) is 6.01. The molecule has 0 bridgehead atoms. The Balaban J connectivity index is 1.52. The van der Waals surface area contributed by atoms with Gasteiger partial charge in [-0.25, -0.2) is 0 Å². The Kier molecular flexibility index (Phi) is 2.97. The van der Waals surface area contributed by atoms with Crippen LogP contribution in [0.15, 0.2) is 109 Å². The van der Waals surface area contributed by atoms with E-state index in [4.69, 9.17) is 0 Å². The van der Waals surface area contributed by atoms with Crippen LogP contribution in [0.1, 0.15) is 0 Å². The summed E-state index contributed by atoms with van der Waals surface area (Å²) in [5.74, 6) is 0.